The van der Waals surface area contributed by atoms with E-state index in [4.69, 9.17) is 0 Å². The molecule has 0 atom stereocenters. The highest BCUT2D eigenvalue weighted by atomic mass is 32.2. The van der Waals surface area contributed by atoms with Crippen LogP contribution in [0, 0.1) is 5.82 Å². The first kappa shape index (κ1) is 16.7. The van der Waals surface area contributed by atoms with Crippen LogP contribution in [0.15, 0.2) is 53.9 Å². The zero-order valence-corrected chi connectivity index (χ0v) is 14.6. The minimum Gasteiger partial charge on any atom is -0.323 e. The number of nitrogens with zero attached hydrogens (tertiary/aromatic N) is 4. The number of carbonyl (C=O) groups is 1. The Hall–Kier alpha value is -2.74. The summed E-state index contributed by atoms with van der Waals surface area (Å²) in [7, 11) is 0. The lowest BCUT2D eigenvalue weighted by Gasteiger charge is -2.09. The SMILES string of the molecule is O=C(CSc1nnc(-c2ccncc2)n1C1CC1)Nc1ccccc1F. The summed E-state index contributed by atoms with van der Waals surface area (Å²) in [5, 5.41) is 11.8. The van der Waals surface area contributed by atoms with Crippen LogP contribution in [0.3, 0.4) is 0 Å². The third kappa shape index (κ3) is 3.60. The minimum atomic E-state index is -0.452. The second kappa shape index (κ2) is 7.25. The number of amides is 1. The van der Waals surface area contributed by atoms with Crippen molar-refractivity contribution < 1.29 is 9.18 Å². The Morgan fingerprint density at radius 3 is 2.69 bits per heavy atom. The van der Waals surface area contributed by atoms with Crippen molar-refractivity contribution in [3.05, 3.63) is 54.6 Å². The average molecular weight is 369 g/mol. The molecule has 0 aliphatic heterocycles. The number of hydrogen-bond acceptors (Lipinski definition) is 5. The molecule has 1 N–H and O–H groups in total. The Bertz CT molecular complexity index is 926. The molecule has 2 aromatic heterocycles. The van der Waals surface area contributed by atoms with E-state index in [0.29, 0.717) is 11.2 Å². The Morgan fingerprint density at radius 2 is 1.96 bits per heavy atom. The Balaban J connectivity index is 1.48. The van der Waals surface area contributed by atoms with Crippen molar-refractivity contribution in [2.24, 2.45) is 0 Å². The number of nitrogens with one attached hydrogen (secondary N) is 1. The molecule has 1 aliphatic carbocycles. The lowest BCUT2D eigenvalue weighted by Crippen LogP contribution is -2.15. The molecule has 3 aromatic rings. The van der Waals surface area contributed by atoms with Crippen LogP contribution in [0.25, 0.3) is 11.4 Å². The van der Waals surface area contributed by atoms with Gasteiger partial charge in [0.15, 0.2) is 11.0 Å². The number of aromatic nitrogens is 4. The number of anilines is 1. The van der Waals surface area contributed by atoms with Gasteiger partial charge in [-0.25, -0.2) is 4.39 Å². The van der Waals surface area contributed by atoms with Gasteiger partial charge in [-0.2, -0.15) is 0 Å². The summed E-state index contributed by atoms with van der Waals surface area (Å²) in [6.07, 6.45) is 5.59. The topological polar surface area (TPSA) is 72.7 Å². The highest BCUT2D eigenvalue weighted by Gasteiger charge is 2.30. The summed E-state index contributed by atoms with van der Waals surface area (Å²) in [5.41, 5.74) is 1.13. The molecule has 0 saturated heterocycles. The monoisotopic (exact) mass is 369 g/mol. The largest absolute Gasteiger partial charge is 0.323 e. The first-order chi connectivity index (χ1) is 12.7. The van der Waals surface area contributed by atoms with Crippen molar-refractivity contribution in [2.45, 2.75) is 24.0 Å². The van der Waals surface area contributed by atoms with Crippen LogP contribution in [0.1, 0.15) is 18.9 Å². The van der Waals surface area contributed by atoms with Crippen LogP contribution in [0.4, 0.5) is 10.1 Å². The highest BCUT2D eigenvalue weighted by molar-refractivity contribution is 7.99. The van der Waals surface area contributed by atoms with Crippen LogP contribution in [-0.4, -0.2) is 31.4 Å². The van der Waals surface area contributed by atoms with Crippen molar-refractivity contribution in [3.63, 3.8) is 0 Å². The Morgan fingerprint density at radius 1 is 1.19 bits per heavy atom. The molecule has 4 rings (SSSR count). The van der Waals surface area contributed by atoms with Crippen molar-refractivity contribution in [2.75, 3.05) is 11.1 Å². The van der Waals surface area contributed by atoms with Gasteiger partial charge in [0.25, 0.3) is 0 Å². The van der Waals surface area contributed by atoms with E-state index >= 15 is 0 Å². The smallest absolute Gasteiger partial charge is 0.234 e. The summed E-state index contributed by atoms with van der Waals surface area (Å²) >= 11 is 1.30. The van der Waals surface area contributed by atoms with Gasteiger partial charge in [0.05, 0.1) is 11.4 Å². The van der Waals surface area contributed by atoms with Crippen LogP contribution >= 0.6 is 11.8 Å². The summed E-state index contributed by atoms with van der Waals surface area (Å²) < 4.78 is 15.7. The number of para-hydroxylation sites is 1. The van der Waals surface area contributed by atoms with Crippen LogP contribution < -0.4 is 5.32 Å². The lowest BCUT2D eigenvalue weighted by molar-refractivity contribution is -0.113. The van der Waals surface area contributed by atoms with Crippen LogP contribution in [0.5, 0.6) is 0 Å². The molecule has 1 aliphatic rings. The van der Waals surface area contributed by atoms with Crippen molar-refractivity contribution in [1.82, 2.24) is 19.7 Å². The van der Waals surface area contributed by atoms with E-state index in [2.05, 4.69) is 25.1 Å². The molecule has 0 radical (unpaired) electrons. The first-order valence-electron chi connectivity index (χ1n) is 8.25. The number of hydrogen-bond donors (Lipinski definition) is 1. The summed E-state index contributed by atoms with van der Waals surface area (Å²) in [4.78, 5) is 16.2. The first-order valence-corrected chi connectivity index (χ1v) is 9.23. The fraction of sp³-hybridized carbons (Fsp3) is 0.222. The number of benzene rings is 1. The van der Waals surface area contributed by atoms with E-state index in [1.807, 2.05) is 12.1 Å². The standard InChI is InChI=1S/C18H16FN5OS/c19-14-3-1-2-4-15(14)21-16(25)11-26-18-23-22-17(24(18)13-5-6-13)12-7-9-20-10-8-12/h1-4,7-10,13H,5-6,11H2,(H,21,25). The van der Waals surface area contributed by atoms with E-state index in [1.54, 1.807) is 24.5 Å². The normalized spacial score (nSPS) is 13.6. The molecule has 6 nitrogen and oxygen atoms in total. The summed E-state index contributed by atoms with van der Waals surface area (Å²) in [6, 6.07) is 10.3. The van der Waals surface area contributed by atoms with Crippen molar-refractivity contribution in [1.29, 1.82) is 0 Å². The fourth-order valence-corrected chi connectivity index (χ4v) is 3.42. The van der Waals surface area contributed by atoms with E-state index < -0.39 is 5.82 Å². The van der Waals surface area contributed by atoms with Gasteiger partial charge < -0.3 is 5.32 Å². The molecule has 0 unspecified atom stereocenters. The molecule has 1 fully saturated rings. The van der Waals surface area contributed by atoms with E-state index in [9.17, 15) is 9.18 Å². The molecule has 1 saturated carbocycles. The van der Waals surface area contributed by atoms with Gasteiger partial charge in [-0.1, -0.05) is 23.9 Å². The molecular weight excluding hydrogens is 353 g/mol. The molecule has 2 heterocycles. The second-order valence-electron chi connectivity index (χ2n) is 5.96. The third-order valence-corrected chi connectivity index (χ3v) is 4.94. The fourth-order valence-electron chi connectivity index (χ4n) is 2.61. The summed E-state index contributed by atoms with van der Waals surface area (Å²) in [5.74, 6) is 0.185. The molecule has 0 bridgehead atoms. The minimum absolute atomic E-state index is 0.134. The van der Waals surface area contributed by atoms with E-state index in [-0.39, 0.29) is 17.3 Å². The zero-order valence-electron chi connectivity index (χ0n) is 13.8. The average Bonchev–Trinajstić information content (AvgIpc) is 3.42. The van der Waals surface area contributed by atoms with Crippen LogP contribution in [-0.2, 0) is 4.79 Å². The maximum Gasteiger partial charge on any atom is 0.234 e. The Kier molecular flexibility index (Phi) is 4.66. The van der Waals surface area contributed by atoms with Gasteiger partial charge in [-0.05, 0) is 37.1 Å². The predicted octanol–water partition coefficient (Wildman–Crippen LogP) is 3.54. The van der Waals surface area contributed by atoms with Crippen LogP contribution in [0.2, 0.25) is 0 Å². The predicted molar refractivity (Wildman–Crippen MR) is 97.3 cm³/mol. The lowest BCUT2D eigenvalue weighted by atomic mass is 10.2. The number of halogens is 1. The highest BCUT2D eigenvalue weighted by Crippen LogP contribution is 2.40. The van der Waals surface area contributed by atoms with Gasteiger partial charge in [-0.3, -0.25) is 14.3 Å². The van der Waals surface area contributed by atoms with Gasteiger partial charge in [0.1, 0.15) is 5.82 Å². The quantitative estimate of drug-likeness (QED) is 0.673. The molecule has 1 aromatic carbocycles. The van der Waals surface area contributed by atoms with Gasteiger partial charge in [0, 0.05) is 24.0 Å². The van der Waals surface area contributed by atoms with Gasteiger partial charge >= 0.3 is 0 Å². The molecule has 26 heavy (non-hydrogen) atoms. The summed E-state index contributed by atoms with van der Waals surface area (Å²) in [6.45, 7) is 0. The van der Waals surface area contributed by atoms with Gasteiger partial charge in [0.2, 0.25) is 5.91 Å². The number of thioether (sulfide) groups is 1. The maximum absolute atomic E-state index is 13.6. The Labute approximate surface area is 153 Å². The zero-order chi connectivity index (χ0) is 17.9. The number of rotatable bonds is 6. The number of pyridine rings is 1. The second-order valence-corrected chi connectivity index (χ2v) is 6.90. The number of carbonyl (C=O) groups excluding carboxylic acids is 1. The molecular formula is C18H16FN5OS. The molecule has 0 spiro atoms. The van der Waals surface area contributed by atoms with Gasteiger partial charge in [-0.15, -0.1) is 10.2 Å². The van der Waals surface area contributed by atoms with Crippen molar-refractivity contribution in [3.8, 4) is 11.4 Å². The molecule has 1 amide bonds. The maximum atomic E-state index is 13.6. The van der Waals surface area contributed by atoms with Crippen molar-refractivity contribution >= 4 is 23.4 Å². The third-order valence-electron chi connectivity index (χ3n) is 4.00. The molecule has 8 heteroatoms. The van der Waals surface area contributed by atoms with E-state index in [0.717, 1.165) is 24.2 Å². The van der Waals surface area contributed by atoms with E-state index in [1.165, 1.54) is 23.9 Å². The molecule has 132 valence electrons.